The number of fused-ring (bicyclic) bond motifs is 1. The van der Waals surface area contributed by atoms with Crippen molar-refractivity contribution in [3.63, 3.8) is 0 Å². The number of anilines is 4. The van der Waals surface area contributed by atoms with Crippen LogP contribution in [0.5, 0.6) is 0 Å². The maximum absolute atomic E-state index is 13.3. The van der Waals surface area contributed by atoms with E-state index in [1.165, 1.54) is 12.4 Å². The van der Waals surface area contributed by atoms with Gasteiger partial charge in [0.05, 0.1) is 22.6 Å². The van der Waals surface area contributed by atoms with Crippen molar-refractivity contribution in [1.82, 2.24) is 4.98 Å². The minimum absolute atomic E-state index is 0.0205. The second kappa shape index (κ2) is 10.7. The lowest BCUT2D eigenvalue weighted by molar-refractivity contribution is -0.137. The average Bonchev–Trinajstić information content (AvgIpc) is 3.04. The Hall–Kier alpha value is -4.34. The molecule has 0 amide bonds. The van der Waals surface area contributed by atoms with Crippen LogP contribution < -0.4 is 20.5 Å². The van der Waals surface area contributed by atoms with Crippen LogP contribution in [0, 0.1) is 0 Å². The number of halogens is 3. The molecule has 0 fully saturated rings. The lowest BCUT2D eigenvalue weighted by Gasteiger charge is -2.31. The van der Waals surface area contributed by atoms with Gasteiger partial charge in [-0.25, -0.2) is 4.98 Å². The van der Waals surface area contributed by atoms with Crippen LogP contribution >= 0.6 is 0 Å². The Morgan fingerprint density at radius 3 is 2.73 bits per heavy atom. The van der Waals surface area contributed by atoms with E-state index in [0.717, 1.165) is 42.2 Å². The van der Waals surface area contributed by atoms with Gasteiger partial charge in [-0.05, 0) is 62.5 Å². The minimum atomic E-state index is -4.43. The zero-order valence-corrected chi connectivity index (χ0v) is 20.6. The lowest BCUT2D eigenvalue weighted by atomic mass is 10.1. The summed E-state index contributed by atoms with van der Waals surface area (Å²) in [6, 6.07) is 16.4. The fraction of sp³-hybridized carbons (Fsp3) is 0.222. The Bertz CT molecular complexity index is 1320. The number of hydrogen-bond donors (Lipinski definition) is 2. The summed E-state index contributed by atoms with van der Waals surface area (Å²) in [5, 5.41) is 12.6. The molecule has 0 spiro atoms. The summed E-state index contributed by atoms with van der Waals surface area (Å²) in [5.41, 5.74) is 2.51. The van der Waals surface area contributed by atoms with Crippen molar-refractivity contribution < 1.29 is 13.2 Å². The molecule has 2 N–H and O–H groups in total. The zero-order valence-electron chi connectivity index (χ0n) is 20.6. The smallest absolute Gasteiger partial charge is 0.382 e. The predicted molar refractivity (Wildman–Crippen MR) is 145 cm³/mol. The van der Waals surface area contributed by atoms with Gasteiger partial charge in [0.25, 0.3) is 0 Å². The summed E-state index contributed by atoms with van der Waals surface area (Å²) >= 11 is 0. The van der Waals surface area contributed by atoms with Gasteiger partial charge in [0, 0.05) is 30.9 Å². The number of hydrogen-bond acceptors (Lipinski definition) is 6. The van der Waals surface area contributed by atoms with Crippen LogP contribution in [0.3, 0.4) is 0 Å². The molecule has 192 valence electrons. The van der Waals surface area contributed by atoms with Crippen molar-refractivity contribution >= 4 is 35.9 Å². The quantitative estimate of drug-likeness (QED) is 0.219. The van der Waals surface area contributed by atoms with Gasteiger partial charge < -0.3 is 15.5 Å². The van der Waals surface area contributed by atoms with Crippen LogP contribution in [0.4, 0.5) is 36.1 Å². The highest BCUT2D eigenvalue weighted by Gasteiger charge is 2.31. The Morgan fingerprint density at radius 1 is 1.19 bits per heavy atom. The molecule has 1 atom stereocenters. The Labute approximate surface area is 214 Å². The van der Waals surface area contributed by atoms with Gasteiger partial charge in [0.15, 0.2) is 5.82 Å². The maximum atomic E-state index is 13.3. The van der Waals surface area contributed by atoms with Crippen molar-refractivity contribution in [1.29, 1.82) is 0 Å². The number of benzene rings is 2. The van der Waals surface area contributed by atoms with Gasteiger partial charge in [0.1, 0.15) is 12.2 Å². The Kier molecular flexibility index (Phi) is 7.47. The summed E-state index contributed by atoms with van der Waals surface area (Å²) in [4.78, 5) is 10.4. The van der Waals surface area contributed by atoms with E-state index in [2.05, 4.69) is 40.9 Å². The molecule has 0 saturated heterocycles. The van der Waals surface area contributed by atoms with Crippen molar-refractivity contribution in [2.45, 2.75) is 25.6 Å². The molecular formula is C27H28F3N7. The summed E-state index contributed by atoms with van der Waals surface area (Å²) in [5.74, 6) is 1.18. The summed E-state index contributed by atoms with van der Waals surface area (Å²) in [6.45, 7) is 10.4. The number of pyridine rings is 1. The van der Waals surface area contributed by atoms with E-state index in [1.807, 2.05) is 35.2 Å². The third-order valence-electron chi connectivity index (χ3n) is 6.01. The third-order valence-corrected chi connectivity index (χ3v) is 6.01. The van der Waals surface area contributed by atoms with Crippen molar-refractivity contribution in [2.75, 3.05) is 34.1 Å². The van der Waals surface area contributed by atoms with E-state index in [0.29, 0.717) is 22.9 Å². The second-order valence-corrected chi connectivity index (χ2v) is 8.64. The largest absolute Gasteiger partial charge is 0.416 e. The van der Waals surface area contributed by atoms with Crippen LogP contribution in [-0.2, 0) is 6.18 Å². The second-order valence-electron chi connectivity index (χ2n) is 8.64. The van der Waals surface area contributed by atoms with Gasteiger partial charge in [-0.15, -0.1) is 0 Å². The lowest BCUT2D eigenvalue weighted by Crippen LogP contribution is -2.35. The molecule has 0 aliphatic carbocycles. The van der Waals surface area contributed by atoms with E-state index in [4.69, 9.17) is 4.98 Å². The van der Waals surface area contributed by atoms with E-state index >= 15 is 0 Å². The number of aliphatic imine (C=N–C) groups is 1. The Morgan fingerprint density at radius 2 is 1.97 bits per heavy atom. The summed E-state index contributed by atoms with van der Waals surface area (Å²) in [6.07, 6.45) is -2.27. The fourth-order valence-electron chi connectivity index (χ4n) is 4.13. The third kappa shape index (κ3) is 5.91. The van der Waals surface area contributed by atoms with Crippen molar-refractivity contribution in [3.8, 4) is 11.3 Å². The molecule has 2 heterocycles. The average molecular weight is 508 g/mol. The number of aromatic nitrogens is 1. The molecular weight excluding hydrogens is 479 g/mol. The highest BCUT2D eigenvalue weighted by Crippen LogP contribution is 2.36. The molecule has 0 saturated carbocycles. The number of nitrogens with one attached hydrogen (secondary N) is 2. The molecule has 7 nitrogen and oxygen atoms in total. The molecule has 1 aromatic heterocycles. The fourth-order valence-corrected chi connectivity index (χ4v) is 4.13. The Balaban J connectivity index is 1.67. The summed E-state index contributed by atoms with van der Waals surface area (Å²) in [7, 11) is 1.80. The van der Waals surface area contributed by atoms with E-state index in [-0.39, 0.29) is 6.04 Å². The van der Waals surface area contributed by atoms with Crippen LogP contribution in [-0.4, -0.2) is 37.7 Å². The molecule has 0 radical (unpaired) electrons. The number of nitrogens with zero attached hydrogens (tertiary/aromatic N) is 5. The molecule has 10 heteroatoms. The van der Waals surface area contributed by atoms with Gasteiger partial charge in [0.2, 0.25) is 0 Å². The van der Waals surface area contributed by atoms with Crippen LogP contribution in [0.15, 0.2) is 83.2 Å². The van der Waals surface area contributed by atoms with Crippen LogP contribution in [0.2, 0.25) is 0 Å². The number of hydrazone groups is 1. The number of rotatable bonds is 7. The molecule has 1 aliphatic rings. The molecule has 4 rings (SSSR count). The van der Waals surface area contributed by atoms with Gasteiger partial charge in [-0.2, -0.15) is 18.3 Å². The molecule has 0 unspecified atom stereocenters. The van der Waals surface area contributed by atoms with E-state index in [9.17, 15) is 13.2 Å². The highest BCUT2D eigenvalue weighted by molar-refractivity contribution is 5.75. The van der Waals surface area contributed by atoms with Crippen LogP contribution in [0.1, 0.15) is 18.9 Å². The SMILES string of the molecule is C=N/C=N\N(C)c1cccc(NC(=C)N2c3nc(-c4cccc(C(F)(F)F)c4)ccc3NCC[C@H]2C)c1. The molecule has 2 aromatic carbocycles. The molecule has 1 aliphatic heterocycles. The standard InChI is InChI=1S/C27H28F3N7/c1-18-13-14-32-25-12-11-24(20-7-5-8-21(15-20)27(28,29)30)35-26(25)37(18)19(2)34-22-9-6-10-23(16-22)36(4)33-17-31-3/h5-12,15-18,32,34H,2-3,13-14H2,1,4H3/b33-17-/t18-/m1/s1. The first-order valence-corrected chi connectivity index (χ1v) is 11.7. The molecule has 3 aromatic rings. The maximum Gasteiger partial charge on any atom is 0.416 e. The first kappa shape index (κ1) is 25.7. The summed E-state index contributed by atoms with van der Waals surface area (Å²) < 4.78 is 39.9. The van der Waals surface area contributed by atoms with Gasteiger partial charge >= 0.3 is 6.18 Å². The van der Waals surface area contributed by atoms with Crippen molar-refractivity contribution in [3.05, 3.63) is 78.6 Å². The predicted octanol–water partition coefficient (Wildman–Crippen LogP) is 6.44. The molecule has 0 bridgehead atoms. The van der Waals surface area contributed by atoms with E-state index < -0.39 is 11.7 Å². The zero-order chi connectivity index (χ0) is 26.6. The van der Waals surface area contributed by atoms with E-state index in [1.54, 1.807) is 24.2 Å². The number of alkyl halides is 3. The highest BCUT2D eigenvalue weighted by atomic mass is 19.4. The normalized spacial score (nSPS) is 15.5. The minimum Gasteiger partial charge on any atom is -0.382 e. The first-order valence-electron chi connectivity index (χ1n) is 11.7. The van der Waals surface area contributed by atoms with Gasteiger partial charge in [-0.1, -0.05) is 24.8 Å². The monoisotopic (exact) mass is 507 g/mol. The topological polar surface area (TPSA) is 68.2 Å². The van der Waals surface area contributed by atoms with Crippen LogP contribution in [0.25, 0.3) is 11.3 Å². The van der Waals surface area contributed by atoms with Crippen molar-refractivity contribution in [2.24, 2.45) is 10.1 Å². The first-order chi connectivity index (χ1) is 17.7. The molecule has 37 heavy (non-hydrogen) atoms. The van der Waals surface area contributed by atoms with Gasteiger partial charge in [-0.3, -0.25) is 10.0 Å².